The molecule has 0 amide bonds. The van der Waals surface area contributed by atoms with Crippen LogP contribution in [0, 0.1) is 17.3 Å². The van der Waals surface area contributed by atoms with Gasteiger partial charge in [0.15, 0.2) is 5.41 Å². The highest BCUT2D eigenvalue weighted by molar-refractivity contribution is 6.00. The van der Waals surface area contributed by atoms with Crippen molar-refractivity contribution in [3.63, 3.8) is 0 Å². The van der Waals surface area contributed by atoms with Crippen molar-refractivity contribution in [2.45, 2.75) is 12.8 Å². The molecule has 0 unspecified atom stereocenters. The molecule has 0 bridgehead atoms. The van der Waals surface area contributed by atoms with Crippen LogP contribution in [0.1, 0.15) is 18.4 Å². The van der Waals surface area contributed by atoms with Crippen molar-refractivity contribution in [3.05, 3.63) is 54.3 Å². The summed E-state index contributed by atoms with van der Waals surface area (Å²) in [5.74, 6) is 4.41. The minimum absolute atomic E-state index is 0.0145. The van der Waals surface area contributed by atoms with Gasteiger partial charge in [0.1, 0.15) is 0 Å². The number of hydrogen-bond donors (Lipinski definition) is 0. The van der Waals surface area contributed by atoms with Gasteiger partial charge in [-0.25, -0.2) is 0 Å². The summed E-state index contributed by atoms with van der Waals surface area (Å²) in [5, 5.41) is 0. The van der Waals surface area contributed by atoms with Crippen LogP contribution in [-0.4, -0.2) is 26.2 Å². The summed E-state index contributed by atoms with van der Waals surface area (Å²) in [6.07, 6.45) is 1.55. The van der Waals surface area contributed by atoms with Gasteiger partial charge < -0.3 is 9.47 Å². The Hall–Kier alpha value is -2.76. The lowest BCUT2D eigenvalue weighted by Crippen LogP contribution is -2.40. The van der Waals surface area contributed by atoms with E-state index in [1.807, 2.05) is 30.3 Å². The average molecular weight is 298 g/mol. The van der Waals surface area contributed by atoms with Crippen molar-refractivity contribution in [2.24, 2.45) is 5.41 Å². The molecule has 1 rings (SSSR count). The zero-order valence-corrected chi connectivity index (χ0v) is 12.7. The molecule has 0 fully saturated rings. The predicted octanol–water partition coefficient (Wildman–Crippen LogP) is 2.49. The van der Waals surface area contributed by atoms with Crippen LogP contribution in [0.2, 0.25) is 0 Å². The summed E-state index contributed by atoms with van der Waals surface area (Å²) in [4.78, 5) is 24.2. The summed E-state index contributed by atoms with van der Waals surface area (Å²) in [6.45, 7) is 3.44. The quantitative estimate of drug-likeness (QED) is 0.363. The zero-order chi connectivity index (χ0) is 16.4. The van der Waals surface area contributed by atoms with Crippen LogP contribution in [0.5, 0.6) is 0 Å². The van der Waals surface area contributed by atoms with Crippen molar-refractivity contribution >= 4 is 11.9 Å². The maximum absolute atomic E-state index is 12.1. The molecule has 0 aromatic heterocycles. The van der Waals surface area contributed by atoms with Gasteiger partial charge in [0.25, 0.3) is 0 Å². The van der Waals surface area contributed by atoms with Crippen LogP contribution in [-0.2, 0) is 19.1 Å². The van der Waals surface area contributed by atoms with Crippen molar-refractivity contribution < 1.29 is 19.1 Å². The minimum atomic E-state index is -1.50. The average Bonchev–Trinajstić information content (AvgIpc) is 2.57. The summed E-state index contributed by atoms with van der Waals surface area (Å²) in [5.41, 5.74) is 1.84. The molecule has 0 N–H and O–H groups in total. The van der Waals surface area contributed by atoms with Crippen LogP contribution < -0.4 is 0 Å². The van der Waals surface area contributed by atoms with E-state index in [9.17, 15) is 9.59 Å². The Bertz CT molecular complexity index is 612. The summed E-state index contributed by atoms with van der Waals surface area (Å²) >= 11 is 0. The number of carbonyl (C=O) groups excluding carboxylic acids is 2. The molecule has 22 heavy (non-hydrogen) atoms. The molecule has 0 spiro atoms. The molecule has 0 atom stereocenters. The first-order valence-corrected chi connectivity index (χ1v) is 6.65. The van der Waals surface area contributed by atoms with Crippen LogP contribution in [0.4, 0.5) is 0 Å². The molecule has 0 aliphatic carbocycles. The standard InChI is InChI=1S/C18H18O4/c1-4-5-13-18(16(19)21-2,17(20)22-3)14-9-12-15-10-7-6-8-11-15/h5-8,10-11H,1,13-14H2,2-3H3. The van der Waals surface area contributed by atoms with Crippen LogP contribution in [0.25, 0.3) is 0 Å². The number of rotatable bonds is 5. The molecule has 0 radical (unpaired) electrons. The first kappa shape index (κ1) is 17.3. The van der Waals surface area contributed by atoms with Crippen molar-refractivity contribution in [2.75, 3.05) is 14.2 Å². The van der Waals surface area contributed by atoms with Gasteiger partial charge >= 0.3 is 11.9 Å². The predicted molar refractivity (Wildman–Crippen MR) is 82.7 cm³/mol. The van der Waals surface area contributed by atoms with Gasteiger partial charge in [-0.1, -0.05) is 36.6 Å². The molecule has 114 valence electrons. The van der Waals surface area contributed by atoms with E-state index >= 15 is 0 Å². The number of esters is 2. The van der Waals surface area contributed by atoms with E-state index in [0.29, 0.717) is 0 Å². The monoisotopic (exact) mass is 298 g/mol. The molecule has 0 saturated carbocycles. The van der Waals surface area contributed by atoms with Crippen molar-refractivity contribution in [1.82, 2.24) is 0 Å². The number of ether oxygens (including phenoxy) is 2. The van der Waals surface area contributed by atoms with E-state index in [2.05, 4.69) is 24.2 Å². The van der Waals surface area contributed by atoms with Gasteiger partial charge in [0.05, 0.1) is 14.2 Å². The van der Waals surface area contributed by atoms with Gasteiger partial charge in [0, 0.05) is 18.4 Å². The maximum atomic E-state index is 12.1. The summed E-state index contributed by atoms with van der Waals surface area (Å²) in [6, 6.07) is 9.28. The summed E-state index contributed by atoms with van der Waals surface area (Å²) < 4.78 is 9.53. The fourth-order valence-corrected chi connectivity index (χ4v) is 1.92. The highest BCUT2D eigenvalue weighted by atomic mass is 16.5. The second-order valence-electron chi connectivity index (χ2n) is 4.52. The van der Waals surface area contributed by atoms with Gasteiger partial charge in [-0.3, -0.25) is 9.59 Å². The Labute approximate surface area is 130 Å². The molecule has 0 heterocycles. The third-order valence-corrected chi connectivity index (χ3v) is 3.14. The van der Waals surface area contributed by atoms with Crippen LogP contribution in [0.15, 0.2) is 48.7 Å². The molecular weight excluding hydrogens is 280 g/mol. The fourth-order valence-electron chi connectivity index (χ4n) is 1.92. The van der Waals surface area contributed by atoms with Gasteiger partial charge in [-0.15, -0.1) is 5.73 Å². The second-order valence-corrected chi connectivity index (χ2v) is 4.52. The fraction of sp³-hybridized carbons (Fsp3) is 0.278. The Balaban J connectivity index is 3.13. The molecule has 0 aliphatic heterocycles. The topological polar surface area (TPSA) is 52.6 Å². The zero-order valence-electron chi connectivity index (χ0n) is 12.7. The van der Waals surface area contributed by atoms with E-state index in [1.54, 1.807) is 0 Å². The van der Waals surface area contributed by atoms with E-state index in [4.69, 9.17) is 9.47 Å². The van der Waals surface area contributed by atoms with E-state index in [0.717, 1.165) is 5.56 Å². The molecule has 4 heteroatoms. The molecule has 0 saturated heterocycles. The lowest BCUT2D eigenvalue weighted by atomic mass is 9.81. The van der Waals surface area contributed by atoms with E-state index in [1.165, 1.54) is 20.3 Å². The lowest BCUT2D eigenvalue weighted by Gasteiger charge is -2.24. The van der Waals surface area contributed by atoms with E-state index in [-0.39, 0.29) is 12.8 Å². The highest BCUT2D eigenvalue weighted by Gasteiger charge is 2.47. The van der Waals surface area contributed by atoms with Gasteiger partial charge in [-0.2, -0.15) is 0 Å². The third-order valence-electron chi connectivity index (χ3n) is 3.14. The molecule has 1 aromatic rings. The van der Waals surface area contributed by atoms with Crippen LogP contribution >= 0.6 is 0 Å². The Kier molecular flexibility index (Phi) is 6.69. The lowest BCUT2D eigenvalue weighted by molar-refractivity contribution is -0.168. The number of carbonyl (C=O) groups is 2. The smallest absolute Gasteiger partial charge is 0.324 e. The molecule has 0 aliphatic rings. The number of allylic oxidation sites excluding steroid dienone is 1. The Morgan fingerprint density at radius 2 is 1.77 bits per heavy atom. The van der Waals surface area contributed by atoms with Gasteiger partial charge in [0.2, 0.25) is 0 Å². The molecule has 1 aromatic carbocycles. The minimum Gasteiger partial charge on any atom is -0.468 e. The SMILES string of the molecule is C=C=CCC(CC#Cc1ccccc1)(C(=O)OC)C(=O)OC. The number of hydrogen-bond acceptors (Lipinski definition) is 4. The van der Waals surface area contributed by atoms with Crippen LogP contribution in [0.3, 0.4) is 0 Å². The third kappa shape index (κ3) is 4.12. The van der Waals surface area contributed by atoms with Crippen molar-refractivity contribution in [1.29, 1.82) is 0 Å². The Morgan fingerprint density at radius 1 is 1.18 bits per heavy atom. The first-order valence-electron chi connectivity index (χ1n) is 6.65. The van der Waals surface area contributed by atoms with E-state index < -0.39 is 17.4 Å². The second kappa shape index (κ2) is 8.51. The highest BCUT2D eigenvalue weighted by Crippen LogP contribution is 2.30. The maximum Gasteiger partial charge on any atom is 0.324 e. The Morgan fingerprint density at radius 3 is 2.27 bits per heavy atom. The number of benzene rings is 1. The van der Waals surface area contributed by atoms with Crippen molar-refractivity contribution in [3.8, 4) is 11.8 Å². The first-order chi connectivity index (χ1) is 10.6. The largest absolute Gasteiger partial charge is 0.468 e. The molecule has 4 nitrogen and oxygen atoms in total. The molecular formula is C18H18O4. The van der Waals surface area contributed by atoms with Gasteiger partial charge in [-0.05, 0) is 18.2 Å². The summed E-state index contributed by atoms with van der Waals surface area (Å²) in [7, 11) is 2.45. The normalized spacial score (nSPS) is 9.73. The number of methoxy groups -OCH3 is 2.